The predicted molar refractivity (Wildman–Crippen MR) is 73.0 cm³/mol. The van der Waals surface area contributed by atoms with Gasteiger partial charge in [0.05, 0.1) is 16.5 Å². The van der Waals surface area contributed by atoms with Crippen molar-refractivity contribution >= 4 is 10.0 Å². The Kier molecular flexibility index (Phi) is 4.15. The van der Waals surface area contributed by atoms with Gasteiger partial charge in [0.2, 0.25) is 10.0 Å². The number of rotatable bonds is 4. The molecule has 0 saturated carbocycles. The first kappa shape index (κ1) is 15.4. The summed E-state index contributed by atoms with van der Waals surface area (Å²) in [7, 11) is -3.85. The van der Waals surface area contributed by atoms with Crippen molar-refractivity contribution in [3.8, 4) is 0 Å². The Balaban J connectivity index is 2.38. The summed E-state index contributed by atoms with van der Waals surface area (Å²) < 4.78 is 46.3. The van der Waals surface area contributed by atoms with E-state index < -0.39 is 21.4 Å². The van der Waals surface area contributed by atoms with Crippen LogP contribution in [0.3, 0.4) is 0 Å². The largest absolute Gasteiger partial charge is 0.376 e. The molecule has 7 heteroatoms. The summed E-state index contributed by atoms with van der Waals surface area (Å²) in [6.07, 6.45) is 0.327. The molecule has 0 radical (unpaired) electrons. The highest BCUT2D eigenvalue weighted by Crippen LogP contribution is 2.28. The fourth-order valence-corrected chi connectivity index (χ4v) is 4.03. The van der Waals surface area contributed by atoms with Gasteiger partial charge in [0.25, 0.3) is 0 Å². The van der Waals surface area contributed by atoms with Crippen LogP contribution in [0.15, 0.2) is 23.1 Å². The molecule has 0 bridgehead atoms. The monoisotopic (exact) mass is 302 g/mol. The zero-order chi connectivity index (χ0) is 15.0. The lowest BCUT2D eigenvalue weighted by Gasteiger charge is -2.28. The fourth-order valence-electron chi connectivity index (χ4n) is 2.28. The van der Waals surface area contributed by atoms with Gasteiger partial charge in [0, 0.05) is 13.2 Å². The summed E-state index contributed by atoms with van der Waals surface area (Å²) in [5.74, 6) is -0.608. The second kappa shape index (κ2) is 5.40. The molecule has 5 nitrogen and oxygen atoms in total. The molecule has 1 heterocycles. The van der Waals surface area contributed by atoms with Gasteiger partial charge in [0.1, 0.15) is 5.82 Å². The summed E-state index contributed by atoms with van der Waals surface area (Å²) in [6, 6.07) is 3.58. The number of halogens is 1. The standard InChI is InChI=1S/C13H19FN2O3S/c1-9-13(2,5-6-19-9)16-20(17,18)12-7-11(14)4-3-10(12)8-15/h3-4,7,9,16H,5-6,8,15H2,1-2H3. The minimum Gasteiger partial charge on any atom is -0.376 e. The highest BCUT2D eigenvalue weighted by atomic mass is 32.2. The fraction of sp³-hybridized carbons (Fsp3) is 0.538. The van der Waals surface area contributed by atoms with Gasteiger partial charge in [-0.05, 0) is 38.0 Å². The van der Waals surface area contributed by atoms with E-state index in [1.807, 2.05) is 6.92 Å². The van der Waals surface area contributed by atoms with Gasteiger partial charge in [-0.25, -0.2) is 17.5 Å². The molecule has 1 aromatic rings. The Morgan fingerprint density at radius 3 is 2.80 bits per heavy atom. The summed E-state index contributed by atoms with van der Waals surface area (Å²) in [5, 5.41) is 0. The van der Waals surface area contributed by atoms with Gasteiger partial charge < -0.3 is 10.5 Å². The van der Waals surface area contributed by atoms with Crippen molar-refractivity contribution in [2.75, 3.05) is 6.61 Å². The second-order valence-electron chi connectivity index (χ2n) is 5.24. The van der Waals surface area contributed by atoms with E-state index in [-0.39, 0.29) is 17.5 Å². The Morgan fingerprint density at radius 1 is 1.55 bits per heavy atom. The molecular formula is C13H19FN2O3S. The van der Waals surface area contributed by atoms with Crippen molar-refractivity contribution in [3.05, 3.63) is 29.6 Å². The SMILES string of the molecule is CC1OCCC1(C)NS(=O)(=O)c1cc(F)ccc1CN. The molecule has 1 fully saturated rings. The smallest absolute Gasteiger partial charge is 0.241 e. The van der Waals surface area contributed by atoms with E-state index in [9.17, 15) is 12.8 Å². The number of nitrogens with one attached hydrogen (secondary N) is 1. The van der Waals surface area contributed by atoms with Crippen LogP contribution in [0.4, 0.5) is 4.39 Å². The van der Waals surface area contributed by atoms with Gasteiger partial charge in [-0.1, -0.05) is 6.07 Å². The summed E-state index contributed by atoms with van der Waals surface area (Å²) >= 11 is 0. The molecule has 1 aromatic carbocycles. The quantitative estimate of drug-likeness (QED) is 0.873. The lowest BCUT2D eigenvalue weighted by atomic mass is 9.97. The minimum atomic E-state index is -3.85. The van der Waals surface area contributed by atoms with Crippen LogP contribution in [0.1, 0.15) is 25.8 Å². The van der Waals surface area contributed by atoms with Crippen molar-refractivity contribution < 1.29 is 17.5 Å². The molecule has 2 rings (SSSR count). The van der Waals surface area contributed by atoms with Crippen LogP contribution in [0.25, 0.3) is 0 Å². The maximum absolute atomic E-state index is 13.3. The van der Waals surface area contributed by atoms with Crippen LogP contribution in [0, 0.1) is 5.82 Å². The molecule has 0 amide bonds. The normalized spacial score (nSPS) is 26.9. The highest BCUT2D eigenvalue weighted by Gasteiger charge is 2.41. The number of ether oxygens (including phenoxy) is 1. The molecule has 0 spiro atoms. The molecule has 0 aromatic heterocycles. The van der Waals surface area contributed by atoms with Crippen LogP contribution in [0.2, 0.25) is 0 Å². The van der Waals surface area contributed by atoms with Crippen molar-refractivity contribution in [2.45, 2.75) is 43.4 Å². The van der Waals surface area contributed by atoms with Crippen LogP contribution >= 0.6 is 0 Å². The number of hydrogen-bond donors (Lipinski definition) is 2. The third kappa shape index (κ3) is 2.85. The van der Waals surface area contributed by atoms with Crippen molar-refractivity contribution in [1.82, 2.24) is 4.72 Å². The van der Waals surface area contributed by atoms with Gasteiger partial charge in [-0.15, -0.1) is 0 Å². The van der Waals surface area contributed by atoms with Crippen LogP contribution in [0.5, 0.6) is 0 Å². The predicted octanol–water partition coefficient (Wildman–Crippen LogP) is 1.13. The van der Waals surface area contributed by atoms with E-state index in [2.05, 4.69) is 4.72 Å². The maximum Gasteiger partial charge on any atom is 0.241 e. The first-order valence-electron chi connectivity index (χ1n) is 6.42. The average molecular weight is 302 g/mol. The van der Waals surface area contributed by atoms with E-state index in [1.54, 1.807) is 6.92 Å². The topological polar surface area (TPSA) is 81.4 Å². The average Bonchev–Trinajstić information content (AvgIpc) is 2.68. The second-order valence-corrected chi connectivity index (χ2v) is 6.89. The Labute approximate surface area is 118 Å². The summed E-state index contributed by atoms with van der Waals surface area (Å²) in [6.45, 7) is 4.11. The molecule has 2 unspecified atom stereocenters. The molecule has 2 atom stereocenters. The molecule has 20 heavy (non-hydrogen) atoms. The maximum atomic E-state index is 13.3. The summed E-state index contributed by atoms with van der Waals surface area (Å²) in [5.41, 5.74) is 5.21. The van der Waals surface area contributed by atoms with E-state index in [4.69, 9.17) is 10.5 Å². The molecule has 1 aliphatic heterocycles. The van der Waals surface area contributed by atoms with Crippen molar-refractivity contribution in [1.29, 1.82) is 0 Å². The molecule has 3 N–H and O–H groups in total. The van der Waals surface area contributed by atoms with Crippen LogP contribution in [-0.4, -0.2) is 26.7 Å². The first-order valence-corrected chi connectivity index (χ1v) is 7.91. The van der Waals surface area contributed by atoms with Gasteiger partial charge in [-0.2, -0.15) is 0 Å². The Morgan fingerprint density at radius 2 is 2.25 bits per heavy atom. The van der Waals surface area contributed by atoms with Gasteiger partial charge >= 0.3 is 0 Å². The number of sulfonamides is 1. The molecule has 1 aliphatic rings. The van der Waals surface area contributed by atoms with Crippen molar-refractivity contribution in [2.24, 2.45) is 5.73 Å². The van der Waals surface area contributed by atoms with Crippen molar-refractivity contribution in [3.63, 3.8) is 0 Å². The molecule has 0 aliphatic carbocycles. The first-order chi connectivity index (χ1) is 9.28. The summed E-state index contributed by atoms with van der Waals surface area (Å²) in [4.78, 5) is -0.111. The zero-order valence-corrected chi connectivity index (χ0v) is 12.3. The van der Waals surface area contributed by atoms with E-state index in [1.165, 1.54) is 12.1 Å². The molecule has 112 valence electrons. The zero-order valence-electron chi connectivity index (χ0n) is 11.5. The Hall–Kier alpha value is -1.02. The van der Waals surface area contributed by atoms with E-state index in [0.717, 1.165) is 6.07 Å². The minimum absolute atomic E-state index is 0.0271. The highest BCUT2D eigenvalue weighted by molar-refractivity contribution is 7.89. The lowest BCUT2D eigenvalue weighted by Crippen LogP contribution is -2.50. The molecule has 1 saturated heterocycles. The Bertz CT molecular complexity index is 606. The van der Waals surface area contributed by atoms with Gasteiger partial charge in [-0.3, -0.25) is 0 Å². The van der Waals surface area contributed by atoms with Crippen LogP contribution < -0.4 is 10.5 Å². The van der Waals surface area contributed by atoms with Gasteiger partial charge in [0.15, 0.2) is 0 Å². The lowest BCUT2D eigenvalue weighted by molar-refractivity contribution is 0.0957. The third-order valence-corrected chi connectivity index (χ3v) is 5.49. The number of hydrogen-bond acceptors (Lipinski definition) is 4. The molecular weight excluding hydrogens is 283 g/mol. The number of nitrogens with two attached hydrogens (primary N) is 1. The van der Waals surface area contributed by atoms with E-state index >= 15 is 0 Å². The van der Waals surface area contributed by atoms with E-state index in [0.29, 0.717) is 18.6 Å². The van der Waals surface area contributed by atoms with Crippen LogP contribution in [-0.2, 0) is 21.3 Å². The number of benzene rings is 1. The third-order valence-electron chi connectivity index (χ3n) is 3.79.